The second kappa shape index (κ2) is 5.98. The monoisotopic (exact) mass is 248 g/mol. The zero-order valence-electron chi connectivity index (χ0n) is 10.7. The van der Waals surface area contributed by atoms with Crippen LogP contribution in [0.2, 0.25) is 0 Å². The fourth-order valence-corrected chi connectivity index (χ4v) is 2.16. The van der Waals surface area contributed by atoms with E-state index in [9.17, 15) is 9.90 Å². The van der Waals surface area contributed by atoms with Gasteiger partial charge < -0.3 is 14.9 Å². The summed E-state index contributed by atoms with van der Waals surface area (Å²) in [5.74, 6) is -0.146. The molecule has 0 aromatic heterocycles. The highest BCUT2D eigenvalue weighted by atomic mass is 16.3. The van der Waals surface area contributed by atoms with Crippen LogP contribution in [0.3, 0.4) is 0 Å². The van der Waals surface area contributed by atoms with E-state index in [0.717, 1.165) is 18.7 Å². The summed E-state index contributed by atoms with van der Waals surface area (Å²) >= 11 is 0. The van der Waals surface area contributed by atoms with Gasteiger partial charge in [0.25, 0.3) is 5.91 Å². The van der Waals surface area contributed by atoms with Gasteiger partial charge in [-0.05, 0) is 12.6 Å². The van der Waals surface area contributed by atoms with E-state index in [1.54, 1.807) is 4.90 Å². The van der Waals surface area contributed by atoms with Crippen LogP contribution in [0, 0.1) is 0 Å². The SMILES string of the molecule is CN1CCN(C(=O)C(O)Cc2ccccc2)CC1. The molecule has 1 aliphatic heterocycles. The molecule has 1 atom stereocenters. The van der Waals surface area contributed by atoms with E-state index in [1.165, 1.54) is 0 Å². The summed E-state index contributed by atoms with van der Waals surface area (Å²) < 4.78 is 0. The summed E-state index contributed by atoms with van der Waals surface area (Å²) in [6, 6.07) is 9.63. The quantitative estimate of drug-likeness (QED) is 0.840. The number of nitrogens with zero attached hydrogens (tertiary/aromatic N) is 2. The fourth-order valence-electron chi connectivity index (χ4n) is 2.16. The van der Waals surface area contributed by atoms with Crippen molar-refractivity contribution in [1.82, 2.24) is 9.80 Å². The maximum Gasteiger partial charge on any atom is 0.251 e. The average molecular weight is 248 g/mol. The van der Waals surface area contributed by atoms with Gasteiger partial charge >= 0.3 is 0 Å². The molecule has 0 aliphatic carbocycles. The lowest BCUT2D eigenvalue weighted by atomic mass is 10.1. The topological polar surface area (TPSA) is 43.8 Å². The van der Waals surface area contributed by atoms with E-state index >= 15 is 0 Å². The highest BCUT2D eigenvalue weighted by Gasteiger charge is 2.24. The standard InChI is InChI=1S/C14H20N2O2/c1-15-7-9-16(10-8-15)14(18)13(17)11-12-5-3-2-4-6-12/h2-6,13,17H,7-11H2,1H3. The molecule has 1 aromatic carbocycles. The minimum atomic E-state index is -0.921. The van der Waals surface area contributed by atoms with Crippen LogP contribution in [-0.4, -0.2) is 60.1 Å². The highest BCUT2D eigenvalue weighted by Crippen LogP contribution is 2.07. The molecule has 1 fully saturated rings. The molecule has 0 bridgehead atoms. The molecule has 4 heteroatoms. The van der Waals surface area contributed by atoms with Crippen molar-refractivity contribution in [3.63, 3.8) is 0 Å². The molecule has 0 saturated carbocycles. The average Bonchev–Trinajstić information content (AvgIpc) is 2.40. The number of amides is 1. The van der Waals surface area contributed by atoms with Gasteiger partial charge in [-0.15, -0.1) is 0 Å². The summed E-state index contributed by atoms with van der Waals surface area (Å²) in [4.78, 5) is 16.0. The minimum Gasteiger partial charge on any atom is -0.383 e. The number of carbonyl (C=O) groups is 1. The smallest absolute Gasteiger partial charge is 0.251 e. The number of aliphatic hydroxyl groups excluding tert-OH is 1. The number of likely N-dealkylation sites (N-methyl/N-ethyl adjacent to an activating group) is 1. The zero-order valence-corrected chi connectivity index (χ0v) is 10.7. The highest BCUT2D eigenvalue weighted by molar-refractivity contribution is 5.81. The van der Waals surface area contributed by atoms with Gasteiger partial charge in [-0.25, -0.2) is 0 Å². The molecule has 18 heavy (non-hydrogen) atoms. The van der Waals surface area contributed by atoms with Crippen molar-refractivity contribution in [2.24, 2.45) is 0 Å². The Balaban J connectivity index is 1.89. The number of benzene rings is 1. The Morgan fingerprint density at radius 3 is 2.44 bits per heavy atom. The first kappa shape index (κ1) is 13.1. The van der Waals surface area contributed by atoms with E-state index < -0.39 is 6.10 Å². The van der Waals surface area contributed by atoms with Crippen LogP contribution in [0.5, 0.6) is 0 Å². The first-order valence-corrected chi connectivity index (χ1v) is 6.36. The Kier molecular flexibility index (Phi) is 4.33. The molecule has 1 unspecified atom stereocenters. The van der Waals surface area contributed by atoms with Crippen molar-refractivity contribution in [3.05, 3.63) is 35.9 Å². The number of hydrogen-bond donors (Lipinski definition) is 1. The summed E-state index contributed by atoms with van der Waals surface area (Å²) in [6.07, 6.45) is -0.526. The van der Waals surface area contributed by atoms with Gasteiger partial charge in [-0.1, -0.05) is 30.3 Å². The third kappa shape index (κ3) is 3.31. The Morgan fingerprint density at radius 2 is 1.83 bits per heavy atom. The largest absolute Gasteiger partial charge is 0.383 e. The van der Waals surface area contributed by atoms with Crippen LogP contribution < -0.4 is 0 Å². The molecule has 1 N–H and O–H groups in total. The molecule has 1 amide bonds. The fraction of sp³-hybridized carbons (Fsp3) is 0.500. The van der Waals surface area contributed by atoms with Crippen molar-refractivity contribution in [2.75, 3.05) is 33.2 Å². The molecular formula is C14H20N2O2. The molecule has 0 radical (unpaired) electrons. The number of rotatable bonds is 3. The predicted octanol–water partition coefficient (Wildman–Crippen LogP) is 0.364. The summed E-state index contributed by atoms with van der Waals surface area (Å²) in [6.45, 7) is 3.18. The molecule has 1 aromatic rings. The first-order valence-electron chi connectivity index (χ1n) is 6.36. The van der Waals surface area contributed by atoms with Crippen LogP contribution in [-0.2, 0) is 11.2 Å². The van der Waals surface area contributed by atoms with Crippen molar-refractivity contribution in [3.8, 4) is 0 Å². The number of hydrogen-bond acceptors (Lipinski definition) is 3. The maximum absolute atomic E-state index is 12.1. The van der Waals surface area contributed by atoms with E-state index in [1.807, 2.05) is 37.4 Å². The maximum atomic E-state index is 12.1. The van der Waals surface area contributed by atoms with Crippen LogP contribution >= 0.6 is 0 Å². The summed E-state index contributed by atoms with van der Waals surface area (Å²) in [5.41, 5.74) is 0.993. The van der Waals surface area contributed by atoms with E-state index in [-0.39, 0.29) is 5.91 Å². The minimum absolute atomic E-state index is 0.146. The molecule has 1 aliphatic rings. The number of carbonyl (C=O) groups excluding carboxylic acids is 1. The molecule has 0 spiro atoms. The Bertz CT molecular complexity index is 386. The Labute approximate surface area is 108 Å². The molecule has 1 saturated heterocycles. The lowest BCUT2D eigenvalue weighted by Gasteiger charge is -2.33. The van der Waals surface area contributed by atoms with Gasteiger partial charge in [0, 0.05) is 32.6 Å². The first-order chi connectivity index (χ1) is 8.66. The Morgan fingerprint density at radius 1 is 1.22 bits per heavy atom. The van der Waals surface area contributed by atoms with Crippen LogP contribution in [0.4, 0.5) is 0 Å². The van der Waals surface area contributed by atoms with Crippen LogP contribution in [0.15, 0.2) is 30.3 Å². The lowest BCUT2D eigenvalue weighted by Crippen LogP contribution is -2.50. The van der Waals surface area contributed by atoms with Gasteiger partial charge in [-0.3, -0.25) is 4.79 Å². The molecular weight excluding hydrogens is 228 g/mol. The van der Waals surface area contributed by atoms with Gasteiger partial charge in [0.1, 0.15) is 6.10 Å². The van der Waals surface area contributed by atoms with E-state index in [2.05, 4.69) is 4.90 Å². The van der Waals surface area contributed by atoms with E-state index in [4.69, 9.17) is 0 Å². The van der Waals surface area contributed by atoms with Crippen molar-refractivity contribution >= 4 is 5.91 Å². The summed E-state index contributed by atoms with van der Waals surface area (Å²) in [7, 11) is 2.04. The zero-order chi connectivity index (χ0) is 13.0. The van der Waals surface area contributed by atoms with Gasteiger partial charge in [-0.2, -0.15) is 0 Å². The number of piperazine rings is 1. The lowest BCUT2D eigenvalue weighted by molar-refractivity contribution is -0.141. The van der Waals surface area contributed by atoms with Crippen LogP contribution in [0.1, 0.15) is 5.56 Å². The van der Waals surface area contributed by atoms with Crippen LogP contribution in [0.25, 0.3) is 0 Å². The van der Waals surface area contributed by atoms with Gasteiger partial charge in [0.15, 0.2) is 0 Å². The van der Waals surface area contributed by atoms with Gasteiger partial charge in [0.2, 0.25) is 0 Å². The predicted molar refractivity (Wildman–Crippen MR) is 70.2 cm³/mol. The molecule has 4 nitrogen and oxygen atoms in total. The van der Waals surface area contributed by atoms with Crippen molar-refractivity contribution in [1.29, 1.82) is 0 Å². The van der Waals surface area contributed by atoms with Gasteiger partial charge in [0.05, 0.1) is 0 Å². The molecule has 1 heterocycles. The second-order valence-corrected chi connectivity index (χ2v) is 4.83. The Hall–Kier alpha value is -1.39. The third-order valence-corrected chi connectivity index (χ3v) is 3.37. The van der Waals surface area contributed by atoms with Crippen molar-refractivity contribution in [2.45, 2.75) is 12.5 Å². The summed E-state index contributed by atoms with van der Waals surface area (Å²) in [5, 5.41) is 9.98. The molecule has 2 rings (SSSR count). The van der Waals surface area contributed by atoms with Crippen molar-refractivity contribution < 1.29 is 9.90 Å². The molecule has 98 valence electrons. The van der Waals surface area contributed by atoms with E-state index in [0.29, 0.717) is 19.5 Å². The number of aliphatic hydroxyl groups is 1. The second-order valence-electron chi connectivity index (χ2n) is 4.83. The normalized spacial score (nSPS) is 18.7. The third-order valence-electron chi connectivity index (χ3n) is 3.37.